The van der Waals surface area contributed by atoms with Gasteiger partial charge in [0.25, 0.3) is 0 Å². The maximum atomic E-state index is 5.78. The molecular weight excluding hydrogens is 300 g/mol. The smallest absolute Gasteiger partial charge is 0.0517 e. The van der Waals surface area contributed by atoms with Crippen molar-refractivity contribution in [3.8, 4) is 0 Å². The van der Waals surface area contributed by atoms with E-state index in [0.29, 0.717) is 6.04 Å². The first kappa shape index (κ1) is 12.5. The third kappa shape index (κ3) is 2.61. The first-order valence-corrected chi connectivity index (χ1v) is 7.43. The lowest BCUT2D eigenvalue weighted by atomic mass is 9.87. The Labute approximate surface area is 122 Å². The van der Waals surface area contributed by atoms with Gasteiger partial charge >= 0.3 is 0 Å². The zero-order valence-corrected chi connectivity index (χ0v) is 12.3. The van der Waals surface area contributed by atoms with Crippen LogP contribution in [0, 0.1) is 0 Å². The average molecular weight is 317 g/mol. The van der Waals surface area contributed by atoms with E-state index in [-0.39, 0.29) is 0 Å². The zero-order valence-electron chi connectivity index (χ0n) is 10.7. The molecule has 0 heterocycles. The number of fused-ring (bicyclic) bond motifs is 1. The minimum Gasteiger partial charge on any atom is -0.399 e. The second-order valence-corrected chi connectivity index (χ2v) is 5.88. The van der Waals surface area contributed by atoms with Gasteiger partial charge in [-0.2, -0.15) is 0 Å². The molecule has 2 nitrogen and oxygen atoms in total. The van der Waals surface area contributed by atoms with Gasteiger partial charge < -0.3 is 11.1 Å². The monoisotopic (exact) mass is 316 g/mol. The summed E-state index contributed by atoms with van der Waals surface area (Å²) in [5.41, 5.74) is 10.6. The van der Waals surface area contributed by atoms with Gasteiger partial charge in [0.2, 0.25) is 0 Å². The Morgan fingerprint density at radius 2 is 2.00 bits per heavy atom. The molecule has 0 saturated heterocycles. The highest BCUT2D eigenvalue weighted by atomic mass is 79.9. The second kappa shape index (κ2) is 5.25. The van der Waals surface area contributed by atoms with Gasteiger partial charge in [-0.15, -0.1) is 0 Å². The molecule has 98 valence electrons. The molecule has 2 aromatic rings. The second-order valence-electron chi connectivity index (χ2n) is 5.03. The fourth-order valence-corrected chi connectivity index (χ4v) is 3.25. The molecule has 1 aliphatic carbocycles. The van der Waals surface area contributed by atoms with Crippen LogP contribution in [-0.4, -0.2) is 0 Å². The van der Waals surface area contributed by atoms with E-state index >= 15 is 0 Å². The van der Waals surface area contributed by atoms with Crippen molar-refractivity contribution in [3.63, 3.8) is 0 Å². The van der Waals surface area contributed by atoms with Crippen molar-refractivity contribution in [2.24, 2.45) is 0 Å². The number of benzene rings is 2. The number of nitrogen functional groups attached to an aromatic ring is 1. The molecule has 0 saturated carbocycles. The van der Waals surface area contributed by atoms with E-state index in [9.17, 15) is 0 Å². The predicted octanol–water partition coefficient (Wildman–Crippen LogP) is 4.52. The lowest BCUT2D eigenvalue weighted by molar-refractivity contribution is 0.600. The minimum atomic E-state index is 0.393. The Balaban J connectivity index is 1.88. The minimum absolute atomic E-state index is 0.393. The molecule has 0 aromatic heterocycles. The van der Waals surface area contributed by atoms with Gasteiger partial charge in [-0.3, -0.25) is 0 Å². The first-order chi connectivity index (χ1) is 9.24. The van der Waals surface area contributed by atoms with Crippen LogP contribution < -0.4 is 11.1 Å². The SMILES string of the molecule is Nc1ccc(NC2CCCc3ccccc32)c(Br)c1. The van der Waals surface area contributed by atoms with E-state index in [0.717, 1.165) is 15.8 Å². The van der Waals surface area contributed by atoms with Crippen LogP contribution in [0.2, 0.25) is 0 Å². The van der Waals surface area contributed by atoms with E-state index in [2.05, 4.69) is 45.5 Å². The lowest BCUT2D eigenvalue weighted by Gasteiger charge is -2.27. The summed E-state index contributed by atoms with van der Waals surface area (Å²) in [5.74, 6) is 0. The zero-order chi connectivity index (χ0) is 13.2. The van der Waals surface area contributed by atoms with Gasteiger partial charge in [-0.05, 0) is 64.5 Å². The van der Waals surface area contributed by atoms with Crippen LogP contribution in [0.3, 0.4) is 0 Å². The third-order valence-electron chi connectivity index (χ3n) is 3.69. The van der Waals surface area contributed by atoms with Gasteiger partial charge in [-0.25, -0.2) is 0 Å². The van der Waals surface area contributed by atoms with Crippen LogP contribution in [-0.2, 0) is 6.42 Å². The largest absolute Gasteiger partial charge is 0.399 e. The number of nitrogens with two attached hydrogens (primary N) is 1. The van der Waals surface area contributed by atoms with E-state index in [4.69, 9.17) is 5.73 Å². The van der Waals surface area contributed by atoms with E-state index < -0.39 is 0 Å². The van der Waals surface area contributed by atoms with Gasteiger partial charge in [-0.1, -0.05) is 24.3 Å². The molecule has 0 fully saturated rings. The first-order valence-electron chi connectivity index (χ1n) is 6.63. The number of halogens is 1. The number of hydrogen-bond donors (Lipinski definition) is 2. The molecule has 3 heteroatoms. The van der Waals surface area contributed by atoms with E-state index in [1.165, 1.54) is 30.4 Å². The van der Waals surface area contributed by atoms with Crippen molar-refractivity contribution >= 4 is 27.3 Å². The quantitative estimate of drug-likeness (QED) is 0.799. The highest BCUT2D eigenvalue weighted by Gasteiger charge is 2.19. The van der Waals surface area contributed by atoms with Crippen molar-refractivity contribution in [1.82, 2.24) is 0 Å². The molecule has 19 heavy (non-hydrogen) atoms. The molecule has 1 unspecified atom stereocenters. The molecule has 3 N–H and O–H groups in total. The van der Waals surface area contributed by atoms with Crippen LogP contribution in [0.25, 0.3) is 0 Å². The summed E-state index contributed by atoms with van der Waals surface area (Å²) in [6, 6.07) is 15.0. The summed E-state index contributed by atoms with van der Waals surface area (Å²) in [4.78, 5) is 0. The molecule has 0 spiro atoms. The summed E-state index contributed by atoms with van der Waals surface area (Å²) < 4.78 is 1.02. The molecule has 0 bridgehead atoms. The summed E-state index contributed by atoms with van der Waals surface area (Å²) in [5, 5.41) is 3.63. The summed E-state index contributed by atoms with van der Waals surface area (Å²) in [6.07, 6.45) is 3.60. The number of aryl methyl sites for hydroxylation is 1. The van der Waals surface area contributed by atoms with E-state index in [1.807, 2.05) is 18.2 Å². The average Bonchev–Trinajstić information content (AvgIpc) is 2.42. The van der Waals surface area contributed by atoms with Gasteiger partial charge in [0.15, 0.2) is 0 Å². The fraction of sp³-hybridized carbons (Fsp3) is 0.250. The molecule has 1 aliphatic rings. The lowest BCUT2D eigenvalue weighted by Crippen LogP contribution is -2.17. The van der Waals surface area contributed by atoms with Crippen LogP contribution >= 0.6 is 15.9 Å². The van der Waals surface area contributed by atoms with Crippen LogP contribution in [0.1, 0.15) is 30.0 Å². The maximum Gasteiger partial charge on any atom is 0.0517 e. The van der Waals surface area contributed by atoms with Crippen molar-refractivity contribution in [1.29, 1.82) is 0 Å². The summed E-state index contributed by atoms with van der Waals surface area (Å²) >= 11 is 3.57. The van der Waals surface area contributed by atoms with Crippen molar-refractivity contribution < 1.29 is 0 Å². The molecule has 3 rings (SSSR count). The highest BCUT2D eigenvalue weighted by molar-refractivity contribution is 9.10. The van der Waals surface area contributed by atoms with Gasteiger partial charge in [0.05, 0.1) is 6.04 Å². The molecule has 2 aromatic carbocycles. The Bertz CT molecular complexity index is 595. The molecule has 0 amide bonds. The van der Waals surface area contributed by atoms with Crippen LogP contribution in [0.4, 0.5) is 11.4 Å². The van der Waals surface area contributed by atoms with Gasteiger partial charge in [0, 0.05) is 15.8 Å². The number of hydrogen-bond acceptors (Lipinski definition) is 2. The Morgan fingerprint density at radius 1 is 1.16 bits per heavy atom. The summed E-state index contributed by atoms with van der Waals surface area (Å²) in [7, 11) is 0. The molecular formula is C16H17BrN2. The van der Waals surface area contributed by atoms with Gasteiger partial charge in [0.1, 0.15) is 0 Å². The van der Waals surface area contributed by atoms with Crippen molar-refractivity contribution in [2.75, 3.05) is 11.1 Å². The van der Waals surface area contributed by atoms with Crippen molar-refractivity contribution in [2.45, 2.75) is 25.3 Å². The van der Waals surface area contributed by atoms with Crippen molar-refractivity contribution in [3.05, 3.63) is 58.1 Å². The van der Waals surface area contributed by atoms with E-state index in [1.54, 1.807) is 0 Å². The Kier molecular flexibility index (Phi) is 3.47. The predicted molar refractivity (Wildman–Crippen MR) is 84.3 cm³/mol. The number of anilines is 2. The normalized spacial score (nSPS) is 17.8. The Morgan fingerprint density at radius 3 is 2.84 bits per heavy atom. The Hall–Kier alpha value is -1.48. The highest BCUT2D eigenvalue weighted by Crippen LogP contribution is 2.34. The van der Waals surface area contributed by atoms with Crippen LogP contribution in [0.15, 0.2) is 46.9 Å². The molecule has 0 aliphatic heterocycles. The fourth-order valence-electron chi connectivity index (χ4n) is 2.74. The molecule has 0 radical (unpaired) electrons. The standard InChI is InChI=1S/C16H17BrN2/c17-14-10-12(18)8-9-16(14)19-15-7-3-5-11-4-1-2-6-13(11)15/h1-2,4,6,8-10,15,19H,3,5,7,18H2. The summed E-state index contributed by atoms with van der Waals surface area (Å²) in [6.45, 7) is 0. The topological polar surface area (TPSA) is 38.0 Å². The number of rotatable bonds is 2. The molecule has 1 atom stereocenters. The maximum absolute atomic E-state index is 5.78. The number of nitrogens with one attached hydrogen (secondary N) is 1. The van der Waals surface area contributed by atoms with Crippen LogP contribution in [0.5, 0.6) is 0 Å². The third-order valence-corrected chi connectivity index (χ3v) is 4.35.